The molecule has 1 heterocycles. The van der Waals surface area contributed by atoms with Crippen LogP contribution in [0, 0.1) is 0 Å². The van der Waals surface area contributed by atoms with E-state index < -0.39 is 6.10 Å². The van der Waals surface area contributed by atoms with Crippen molar-refractivity contribution >= 4 is 5.78 Å². The Morgan fingerprint density at radius 1 is 1.24 bits per heavy atom. The van der Waals surface area contributed by atoms with Crippen molar-refractivity contribution in [2.45, 2.75) is 26.0 Å². The van der Waals surface area contributed by atoms with Gasteiger partial charge in [-0.25, -0.2) is 0 Å². The first-order valence-corrected chi connectivity index (χ1v) is 7.12. The average molecular weight is 287 g/mol. The number of hydrogen-bond donors (Lipinski definition) is 1. The number of hydrogen-bond acceptors (Lipinski definition) is 4. The summed E-state index contributed by atoms with van der Waals surface area (Å²) in [4.78, 5) is 13.3. The van der Waals surface area contributed by atoms with Crippen LogP contribution in [0.15, 0.2) is 53.1 Å². The number of carbonyl (C=O) groups is 1. The van der Waals surface area contributed by atoms with Crippen molar-refractivity contribution in [1.29, 1.82) is 0 Å². The summed E-state index contributed by atoms with van der Waals surface area (Å²) in [5, 5.41) is 10.2. The number of rotatable bonds is 8. The van der Waals surface area contributed by atoms with Crippen LogP contribution < -0.4 is 0 Å². The highest BCUT2D eigenvalue weighted by atomic mass is 16.4. The van der Waals surface area contributed by atoms with Gasteiger partial charge in [0.05, 0.1) is 6.26 Å². The smallest absolute Gasteiger partial charge is 0.133 e. The second-order valence-electron chi connectivity index (χ2n) is 5.20. The predicted octanol–water partition coefficient (Wildman–Crippen LogP) is 2.79. The second kappa shape index (κ2) is 7.76. The van der Waals surface area contributed by atoms with Gasteiger partial charge in [-0.15, -0.1) is 0 Å². The third-order valence-electron chi connectivity index (χ3n) is 3.33. The third kappa shape index (κ3) is 5.17. The van der Waals surface area contributed by atoms with Crippen molar-refractivity contribution in [2.24, 2.45) is 0 Å². The van der Waals surface area contributed by atoms with E-state index in [-0.39, 0.29) is 5.78 Å². The third-order valence-corrected chi connectivity index (χ3v) is 3.33. The Morgan fingerprint density at radius 2 is 2.00 bits per heavy atom. The number of furan rings is 1. The topological polar surface area (TPSA) is 53.7 Å². The van der Waals surface area contributed by atoms with Crippen LogP contribution in [-0.2, 0) is 11.3 Å². The van der Waals surface area contributed by atoms with Crippen molar-refractivity contribution in [3.8, 4) is 0 Å². The highest BCUT2D eigenvalue weighted by Gasteiger charge is 2.16. The van der Waals surface area contributed by atoms with E-state index in [0.29, 0.717) is 31.8 Å². The van der Waals surface area contributed by atoms with E-state index in [1.807, 2.05) is 30.3 Å². The SMILES string of the molecule is CC(=O)CCN(Cc1ccccc1)CC(O)c1ccco1. The number of benzene rings is 1. The minimum atomic E-state index is -0.685. The molecule has 0 spiro atoms. The first kappa shape index (κ1) is 15.5. The fourth-order valence-corrected chi connectivity index (χ4v) is 2.21. The Balaban J connectivity index is 1.99. The Hall–Kier alpha value is -1.91. The fraction of sp³-hybridized carbons (Fsp3) is 0.353. The first-order valence-electron chi connectivity index (χ1n) is 7.12. The molecule has 112 valence electrons. The molecule has 1 N–H and O–H groups in total. The standard InChI is InChI=1S/C17H21NO3/c1-14(19)9-10-18(12-15-6-3-2-4-7-15)13-16(20)17-8-5-11-21-17/h2-8,11,16,20H,9-10,12-13H2,1H3. The monoisotopic (exact) mass is 287 g/mol. The largest absolute Gasteiger partial charge is 0.467 e. The molecule has 1 aromatic carbocycles. The fourth-order valence-electron chi connectivity index (χ4n) is 2.21. The Bertz CT molecular complexity index is 536. The zero-order chi connectivity index (χ0) is 15.1. The number of Topliss-reactive ketones (excluding diaryl/α,β-unsaturated/α-hetero) is 1. The number of carbonyl (C=O) groups excluding carboxylic acids is 1. The zero-order valence-corrected chi connectivity index (χ0v) is 12.2. The summed E-state index contributed by atoms with van der Waals surface area (Å²) < 4.78 is 5.23. The molecular weight excluding hydrogens is 266 g/mol. The molecule has 0 fully saturated rings. The van der Waals surface area contributed by atoms with Crippen LogP contribution in [0.4, 0.5) is 0 Å². The Labute approximate surface area is 125 Å². The molecular formula is C17H21NO3. The molecule has 0 saturated heterocycles. The minimum Gasteiger partial charge on any atom is -0.467 e. The van der Waals surface area contributed by atoms with E-state index in [9.17, 15) is 9.90 Å². The molecule has 21 heavy (non-hydrogen) atoms. The molecule has 4 heteroatoms. The molecule has 0 aliphatic heterocycles. The lowest BCUT2D eigenvalue weighted by Gasteiger charge is -2.24. The van der Waals surface area contributed by atoms with E-state index in [2.05, 4.69) is 4.90 Å². The summed E-state index contributed by atoms with van der Waals surface area (Å²) in [5.74, 6) is 0.705. The van der Waals surface area contributed by atoms with Crippen LogP contribution >= 0.6 is 0 Å². The molecule has 2 rings (SSSR count). The summed E-state index contributed by atoms with van der Waals surface area (Å²) in [6.45, 7) is 3.35. The molecule has 1 atom stereocenters. The van der Waals surface area contributed by atoms with Gasteiger partial charge in [-0.1, -0.05) is 30.3 Å². The van der Waals surface area contributed by atoms with Crippen molar-refractivity contribution < 1.29 is 14.3 Å². The summed E-state index contributed by atoms with van der Waals surface area (Å²) >= 11 is 0. The van der Waals surface area contributed by atoms with Gasteiger partial charge in [-0.2, -0.15) is 0 Å². The van der Waals surface area contributed by atoms with Gasteiger partial charge in [-0.05, 0) is 24.6 Å². The van der Waals surface area contributed by atoms with Gasteiger partial charge < -0.3 is 9.52 Å². The van der Waals surface area contributed by atoms with Gasteiger partial charge in [0, 0.05) is 26.1 Å². The van der Waals surface area contributed by atoms with E-state index in [0.717, 1.165) is 5.56 Å². The molecule has 0 saturated carbocycles. The summed E-state index contributed by atoms with van der Waals surface area (Å²) in [7, 11) is 0. The summed E-state index contributed by atoms with van der Waals surface area (Å²) in [5.41, 5.74) is 1.16. The van der Waals surface area contributed by atoms with Crippen LogP contribution in [0.3, 0.4) is 0 Å². The number of ketones is 1. The van der Waals surface area contributed by atoms with E-state index in [1.165, 1.54) is 0 Å². The van der Waals surface area contributed by atoms with Gasteiger partial charge in [0.25, 0.3) is 0 Å². The van der Waals surface area contributed by atoms with E-state index in [1.54, 1.807) is 25.3 Å². The molecule has 0 aliphatic carbocycles. The first-order chi connectivity index (χ1) is 10.1. The Morgan fingerprint density at radius 3 is 2.62 bits per heavy atom. The average Bonchev–Trinajstić information content (AvgIpc) is 3.00. The van der Waals surface area contributed by atoms with Gasteiger partial charge in [0.1, 0.15) is 17.6 Å². The van der Waals surface area contributed by atoms with Crippen LogP contribution in [0.5, 0.6) is 0 Å². The molecule has 0 amide bonds. The summed E-state index contributed by atoms with van der Waals surface area (Å²) in [6, 6.07) is 13.6. The number of aliphatic hydroxyl groups is 1. The van der Waals surface area contributed by atoms with Crippen molar-refractivity contribution in [3.05, 3.63) is 60.1 Å². The minimum absolute atomic E-state index is 0.153. The molecule has 2 aromatic rings. The lowest BCUT2D eigenvalue weighted by atomic mass is 10.1. The second-order valence-corrected chi connectivity index (χ2v) is 5.20. The molecule has 1 aromatic heterocycles. The number of aliphatic hydroxyl groups excluding tert-OH is 1. The van der Waals surface area contributed by atoms with Crippen molar-refractivity contribution in [2.75, 3.05) is 13.1 Å². The highest BCUT2D eigenvalue weighted by Crippen LogP contribution is 2.16. The molecule has 1 unspecified atom stereocenters. The normalized spacial score (nSPS) is 12.5. The van der Waals surface area contributed by atoms with Crippen LogP contribution in [-0.4, -0.2) is 28.9 Å². The molecule has 0 radical (unpaired) electrons. The zero-order valence-electron chi connectivity index (χ0n) is 12.2. The number of nitrogens with zero attached hydrogens (tertiary/aromatic N) is 1. The maximum atomic E-state index is 11.2. The van der Waals surface area contributed by atoms with Crippen molar-refractivity contribution in [1.82, 2.24) is 4.90 Å². The quantitative estimate of drug-likeness (QED) is 0.811. The maximum absolute atomic E-state index is 11.2. The Kier molecular flexibility index (Phi) is 5.72. The predicted molar refractivity (Wildman–Crippen MR) is 80.7 cm³/mol. The highest BCUT2D eigenvalue weighted by molar-refractivity contribution is 5.75. The van der Waals surface area contributed by atoms with Gasteiger partial charge in [0.2, 0.25) is 0 Å². The van der Waals surface area contributed by atoms with E-state index in [4.69, 9.17) is 4.42 Å². The van der Waals surface area contributed by atoms with Gasteiger partial charge >= 0.3 is 0 Å². The van der Waals surface area contributed by atoms with E-state index >= 15 is 0 Å². The van der Waals surface area contributed by atoms with Gasteiger partial charge in [-0.3, -0.25) is 9.69 Å². The van der Waals surface area contributed by atoms with Crippen LogP contribution in [0.25, 0.3) is 0 Å². The van der Waals surface area contributed by atoms with Crippen molar-refractivity contribution in [3.63, 3.8) is 0 Å². The van der Waals surface area contributed by atoms with Gasteiger partial charge in [0.15, 0.2) is 0 Å². The maximum Gasteiger partial charge on any atom is 0.133 e. The molecule has 4 nitrogen and oxygen atoms in total. The van der Waals surface area contributed by atoms with Crippen LogP contribution in [0.1, 0.15) is 30.8 Å². The lowest BCUT2D eigenvalue weighted by molar-refractivity contribution is -0.117. The molecule has 0 bridgehead atoms. The van der Waals surface area contributed by atoms with Crippen LogP contribution in [0.2, 0.25) is 0 Å². The summed E-state index contributed by atoms with van der Waals surface area (Å²) in [6.07, 6.45) is 1.35. The molecule has 0 aliphatic rings. The lowest BCUT2D eigenvalue weighted by Crippen LogP contribution is -2.30.